The van der Waals surface area contributed by atoms with Gasteiger partial charge in [0, 0.05) is 12.0 Å². The van der Waals surface area contributed by atoms with Crippen molar-refractivity contribution in [2.45, 2.75) is 18.9 Å². The van der Waals surface area contributed by atoms with Gasteiger partial charge >= 0.3 is 11.9 Å². The largest absolute Gasteiger partial charge is 0.480 e. The maximum absolute atomic E-state index is 11.7. The van der Waals surface area contributed by atoms with Crippen LogP contribution in [0.2, 0.25) is 0 Å². The maximum atomic E-state index is 11.7. The first-order valence-corrected chi connectivity index (χ1v) is 7.61. The Kier molecular flexibility index (Phi) is 4.18. The summed E-state index contributed by atoms with van der Waals surface area (Å²) in [7, 11) is 0. The first kappa shape index (κ1) is 16.0. The second kappa shape index (κ2) is 6.29. The van der Waals surface area contributed by atoms with Crippen molar-refractivity contribution >= 4 is 34.4 Å². The zero-order valence-corrected chi connectivity index (χ0v) is 12.9. The molecule has 0 radical (unpaired) electrons. The Morgan fingerprint density at radius 1 is 1.12 bits per heavy atom. The average Bonchev–Trinajstić information content (AvgIpc) is 2.56. The molecule has 0 amide bonds. The highest BCUT2D eigenvalue weighted by Gasteiger charge is 2.24. The van der Waals surface area contributed by atoms with Crippen molar-refractivity contribution in [1.82, 2.24) is 0 Å². The van der Waals surface area contributed by atoms with Crippen LogP contribution in [-0.2, 0) is 9.59 Å². The van der Waals surface area contributed by atoms with Gasteiger partial charge in [-0.2, -0.15) is 0 Å². The third-order valence-electron chi connectivity index (χ3n) is 4.23. The number of benzene rings is 2. The maximum Gasteiger partial charge on any atom is 0.331 e. The average molecular weight is 323 g/mol. The number of aliphatic carboxylic acids is 2. The lowest BCUT2D eigenvalue weighted by Crippen LogP contribution is -2.31. The Morgan fingerprint density at radius 3 is 2.42 bits per heavy atom. The second-order valence-electron chi connectivity index (χ2n) is 5.80. The molecule has 3 rings (SSSR count). The van der Waals surface area contributed by atoms with Gasteiger partial charge < -0.3 is 15.9 Å². The van der Waals surface area contributed by atoms with E-state index < -0.39 is 18.0 Å². The summed E-state index contributed by atoms with van der Waals surface area (Å²) in [5, 5.41) is 20.6. The van der Waals surface area contributed by atoms with Crippen molar-refractivity contribution in [2.75, 3.05) is 0 Å². The smallest absolute Gasteiger partial charge is 0.331 e. The molecule has 122 valence electrons. The summed E-state index contributed by atoms with van der Waals surface area (Å²) < 4.78 is 0. The normalized spacial score (nSPS) is 16.5. The Hall–Kier alpha value is -2.92. The summed E-state index contributed by atoms with van der Waals surface area (Å²) in [5.74, 6) is -2.34. The molecule has 0 saturated heterocycles. The fourth-order valence-electron chi connectivity index (χ4n) is 3.00. The lowest BCUT2D eigenvalue weighted by Gasteiger charge is -2.19. The molecule has 1 aliphatic rings. The molecule has 24 heavy (non-hydrogen) atoms. The Morgan fingerprint density at radius 2 is 1.79 bits per heavy atom. The van der Waals surface area contributed by atoms with E-state index in [1.54, 1.807) is 0 Å². The molecule has 0 fully saturated rings. The molecule has 0 aliphatic heterocycles. The highest BCUT2D eigenvalue weighted by molar-refractivity contribution is 6.01. The Bertz CT molecular complexity index is 895. The van der Waals surface area contributed by atoms with Crippen LogP contribution < -0.4 is 5.73 Å². The van der Waals surface area contributed by atoms with E-state index in [2.05, 4.69) is 0 Å². The van der Waals surface area contributed by atoms with Crippen LogP contribution in [0.25, 0.3) is 22.4 Å². The number of allylic oxidation sites excluding steroid dienone is 2. The van der Waals surface area contributed by atoms with Gasteiger partial charge in [-0.25, -0.2) is 4.79 Å². The summed E-state index contributed by atoms with van der Waals surface area (Å²) >= 11 is 0. The van der Waals surface area contributed by atoms with Gasteiger partial charge in [0.2, 0.25) is 0 Å². The van der Waals surface area contributed by atoms with Crippen LogP contribution in [0.1, 0.15) is 24.0 Å². The molecular formula is C19H17NO4. The topological polar surface area (TPSA) is 101 Å². The third-order valence-corrected chi connectivity index (χ3v) is 4.23. The van der Waals surface area contributed by atoms with E-state index >= 15 is 0 Å². The Balaban J connectivity index is 2.18. The number of carbonyl (C=O) groups is 2. The molecule has 0 aromatic heterocycles. The summed E-state index contributed by atoms with van der Waals surface area (Å²) in [6.45, 7) is 0. The minimum absolute atomic E-state index is 0.0609. The molecule has 4 N–H and O–H groups in total. The number of nitrogens with two attached hydrogens (primary N) is 1. The number of hydrogen-bond donors (Lipinski definition) is 3. The van der Waals surface area contributed by atoms with E-state index in [0.29, 0.717) is 12.0 Å². The van der Waals surface area contributed by atoms with Crippen molar-refractivity contribution in [3.63, 3.8) is 0 Å². The van der Waals surface area contributed by atoms with E-state index in [4.69, 9.17) is 10.8 Å². The zero-order valence-electron chi connectivity index (χ0n) is 12.9. The zero-order chi connectivity index (χ0) is 17.3. The molecule has 5 heteroatoms. The lowest BCUT2D eigenvalue weighted by atomic mass is 9.85. The van der Waals surface area contributed by atoms with Gasteiger partial charge in [0.25, 0.3) is 0 Å². The van der Waals surface area contributed by atoms with Crippen LogP contribution in [-0.4, -0.2) is 28.2 Å². The van der Waals surface area contributed by atoms with E-state index in [1.807, 2.05) is 48.6 Å². The minimum atomic E-state index is -1.24. The van der Waals surface area contributed by atoms with E-state index in [1.165, 1.54) is 0 Å². The first-order valence-electron chi connectivity index (χ1n) is 7.61. The highest BCUT2D eigenvalue weighted by Crippen LogP contribution is 2.35. The summed E-state index contributed by atoms with van der Waals surface area (Å²) in [6, 6.07) is 10.6. The molecule has 1 atom stereocenters. The van der Waals surface area contributed by atoms with Crippen molar-refractivity contribution in [1.29, 1.82) is 0 Å². The summed E-state index contributed by atoms with van der Waals surface area (Å²) in [6.07, 6.45) is 4.09. The van der Waals surface area contributed by atoms with Gasteiger partial charge in [0.1, 0.15) is 6.04 Å². The molecular weight excluding hydrogens is 306 g/mol. The number of hydrogen-bond acceptors (Lipinski definition) is 3. The fourth-order valence-corrected chi connectivity index (χ4v) is 3.00. The van der Waals surface area contributed by atoms with Crippen molar-refractivity contribution in [3.8, 4) is 0 Å². The van der Waals surface area contributed by atoms with Gasteiger partial charge in [-0.05, 0) is 46.0 Å². The van der Waals surface area contributed by atoms with Crippen molar-refractivity contribution in [2.24, 2.45) is 5.73 Å². The monoisotopic (exact) mass is 323 g/mol. The molecule has 2 aromatic carbocycles. The van der Waals surface area contributed by atoms with Gasteiger partial charge in [-0.1, -0.05) is 36.4 Å². The van der Waals surface area contributed by atoms with E-state index in [-0.39, 0.29) is 12.0 Å². The van der Waals surface area contributed by atoms with Crippen LogP contribution >= 0.6 is 0 Å². The Labute approximate surface area is 138 Å². The third kappa shape index (κ3) is 2.94. The molecule has 2 aromatic rings. The number of carboxylic acid groups (broad SMARTS) is 2. The molecule has 1 aliphatic carbocycles. The van der Waals surface area contributed by atoms with Crippen LogP contribution in [0.3, 0.4) is 0 Å². The minimum Gasteiger partial charge on any atom is -0.480 e. The number of rotatable bonds is 4. The first-order chi connectivity index (χ1) is 11.5. The number of carboxylic acids is 2. The van der Waals surface area contributed by atoms with Gasteiger partial charge in [0.15, 0.2) is 0 Å². The quantitative estimate of drug-likeness (QED) is 0.751. The number of fused-ring (bicyclic) bond motifs is 2. The predicted molar refractivity (Wildman–Crippen MR) is 92.4 cm³/mol. The van der Waals surface area contributed by atoms with Gasteiger partial charge in [-0.15, -0.1) is 0 Å². The highest BCUT2D eigenvalue weighted by atomic mass is 16.4. The summed E-state index contributed by atoms with van der Waals surface area (Å²) in [4.78, 5) is 22.7. The SMILES string of the molecule is N[C@@H](CC(C(=O)O)=C1CC=Cc2cc3ccccc3cc21)C(=O)O. The van der Waals surface area contributed by atoms with Crippen LogP contribution in [0.4, 0.5) is 0 Å². The molecule has 0 saturated carbocycles. The molecule has 0 spiro atoms. The van der Waals surface area contributed by atoms with Crippen molar-refractivity contribution < 1.29 is 19.8 Å². The van der Waals surface area contributed by atoms with Crippen LogP contribution in [0, 0.1) is 0 Å². The van der Waals surface area contributed by atoms with Crippen LogP contribution in [0.15, 0.2) is 48.0 Å². The van der Waals surface area contributed by atoms with E-state index in [0.717, 1.165) is 21.9 Å². The van der Waals surface area contributed by atoms with Crippen molar-refractivity contribution in [3.05, 3.63) is 59.2 Å². The summed E-state index contributed by atoms with van der Waals surface area (Å²) in [5.41, 5.74) is 8.00. The predicted octanol–water partition coefficient (Wildman–Crippen LogP) is 2.90. The lowest BCUT2D eigenvalue weighted by molar-refractivity contribution is -0.138. The molecule has 5 nitrogen and oxygen atoms in total. The van der Waals surface area contributed by atoms with E-state index in [9.17, 15) is 14.7 Å². The van der Waals surface area contributed by atoms with Gasteiger partial charge in [-0.3, -0.25) is 4.79 Å². The fraction of sp³-hybridized carbons (Fsp3) is 0.158. The standard InChI is InChI=1S/C19H17NO4/c20-17(19(23)24)10-16(18(21)22)14-7-3-6-13-8-11-4-1-2-5-12(11)9-15(13)14/h1-6,8-9,17H,7,10,20H2,(H,21,22)(H,23,24)/t17-/m0/s1. The van der Waals surface area contributed by atoms with Crippen LogP contribution in [0.5, 0.6) is 0 Å². The second-order valence-corrected chi connectivity index (χ2v) is 5.80. The van der Waals surface area contributed by atoms with Gasteiger partial charge in [0.05, 0.1) is 0 Å². The molecule has 0 unspecified atom stereocenters. The molecule has 0 heterocycles. The molecule has 0 bridgehead atoms.